The predicted molar refractivity (Wildman–Crippen MR) is 87.9 cm³/mol. The van der Waals surface area contributed by atoms with Crippen LogP contribution in [0.25, 0.3) is 5.76 Å². The molecule has 8 heteroatoms. The van der Waals surface area contributed by atoms with Crippen LogP contribution in [-0.2, 0) is 14.3 Å². The second-order valence-electron chi connectivity index (χ2n) is 5.24. The average Bonchev–Trinajstić information content (AvgIpc) is 2.90. The lowest BCUT2D eigenvalue weighted by atomic mass is 9.96. The third kappa shape index (κ3) is 3.09. The van der Waals surface area contributed by atoms with Crippen LogP contribution in [0.15, 0.2) is 54.1 Å². The van der Waals surface area contributed by atoms with Crippen molar-refractivity contribution >= 4 is 34.8 Å². The molecule has 0 bridgehead atoms. The Morgan fingerprint density at radius 2 is 1.84 bits per heavy atom. The summed E-state index contributed by atoms with van der Waals surface area (Å²) in [7, 11) is 0. The first-order valence-corrected chi connectivity index (χ1v) is 7.45. The topological polar surface area (TPSA) is 107 Å². The van der Waals surface area contributed by atoms with Crippen molar-refractivity contribution < 1.29 is 24.4 Å². The number of Topliss-reactive ketones (excluding diaryl/α,β-unsaturated/α-hetero) is 1. The Balaban J connectivity index is 2.12. The average molecular weight is 360 g/mol. The molecule has 3 rings (SSSR count). The van der Waals surface area contributed by atoms with Gasteiger partial charge >= 0.3 is 5.97 Å². The number of ketones is 1. The molecule has 1 aliphatic heterocycles. The van der Waals surface area contributed by atoms with Gasteiger partial charge in [-0.3, -0.25) is 14.9 Å². The van der Waals surface area contributed by atoms with Crippen molar-refractivity contribution in [2.24, 2.45) is 0 Å². The lowest BCUT2D eigenvalue weighted by molar-refractivity contribution is -0.385. The maximum Gasteiger partial charge on any atom is 0.380 e. The maximum absolute atomic E-state index is 12.1. The van der Waals surface area contributed by atoms with Gasteiger partial charge in [0.15, 0.2) is 6.10 Å². The number of non-ortho nitro benzene ring substituents is 1. The molecule has 0 saturated carbocycles. The normalized spacial score (nSPS) is 18.8. The van der Waals surface area contributed by atoms with Crippen LogP contribution in [0.4, 0.5) is 5.69 Å². The highest BCUT2D eigenvalue weighted by Crippen LogP contribution is 2.37. The number of aliphatic hydroxyl groups excluding tert-OH is 1. The number of nitro benzene ring substituents is 1. The Morgan fingerprint density at radius 3 is 2.48 bits per heavy atom. The zero-order valence-corrected chi connectivity index (χ0v) is 13.3. The first-order chi connectivity index (χ1) is 11.9. The largest absolute Gasteiger partial charge is 0.507 e. The van der Waals surface area contributed by atoms with Gasteiger partial charge in [0, 0.05) is 28.3 Å². The van der Waals surface area contributed by atoms with Crippen molar-refractivity contribution in [2.75, 3.05) is 0 Å². The fourth-order valence-electron chi connectivity index (χ4n) is 2.48. The van der Waals surface area contributed by atoms with Gasteiger partial charge in [-0.15, -0.1) is 0 Å². The lowest BCUT2D eigenvalue weighted by Crippen LogP contribution is -2.08. The molecule has 1 heterocycles. The van der Waals surface area contributed by atoms with Crippen molar-refractivity contribution in [3.8, 4) is 0 Å². The van der Waals surface area contributed by atoms with Crippen molar-refractivity contribution in [3.63, 3.8) is 0 Å². The predicted octanol–water partition coefficient (Wildman–Crippen LogP) is 3.38. The summed E-state index contributed by atoms with van der Waals surface area (Å²) in [6, 6.07) is 11.3. The number of halogens is 1. The van der Waals surface area contributed by atoms with E-state index in [9.17, 15) is 24.8 Å². The summed E-state index contributed by atoms with van der Waals surface area (Å²) in [4.78, 5) is 34.2. The third-order valence-corrected chi connectivity index (χ3v) is 3.93. The number of rotatable bonds is 3. The summed E-state index contributed by atoms with van der Waals surface area (Å²) >= 11 is 5.79. The SMILES string of the molecule is O=C1O[C@H](c2cccc([N+](=O)[O-])c2)C(=C(O)c2ccc(Cl)cc2)C1=O. The van der Waals surface area contributed by atoms with Gasteiger partial charge in [-0.05, 0) is 24.3 Å². The number of aliphatic hydroxyl groups is 1. The standard InChI is InChI=1S/C17H10ClNO6/c18-11-6-4-9(5-7-11)14(20)13-15(21)17(22)25-16(13)10-2-1-3-12(8-10)19(23)24/h1-8,16,20H/t16-/m1/s1. The Labute approximate surface area is 146 Å². The number of ether oxygens (including phenoxy) is 1. The molecule has 0 radical (unpaired) electrons. The first-order valence-electron chi connectivity index (χ1n) is 7.07. The molecule has 7 nitrogen and oxygen atoms in total. The number of cyclic esters (lactones) is 1. The molecule has 1 aliphatic rings. The van der Waals surface area contributed by atoms with E-state index in [0.717, 1.165) is 0 Å². The number of esters is 1. The molecule has 0 aliphatic carbocycles. The van der Waals surface area contributed by atoms with Gasteiger partial charge in [0.2, 0.25) is 0 Å². The molecule has 1 atom stereocenters. The van der Waals surface area contributed by atoms with Gasteiger partial charge in [0.25, 0.3) is 11.5 Å². The minimum absolute atomic E-state index is 0.212. The van der Waals surface area contributed by atoms with E-state index in [-0.39, 0.29) is 22.4 Å². The van der Waals surface area contributed by atoms with Gasteiger partial charge < -0.3 is 9.84 Å². The minimum Gasteiger partial charge on any atom is -0.507 e. The molecule has 2 aromatic rings. The molecule has 1 saturated heterocycles. The second-order valence-corrected chi connectivity index (χ2v) is 5.67. The van der Waals surface area contributed by atoms with E-state index >= 15 is 0 Å². The summed E-state index contributed by atoms with van der Waals surface area (Å²) in [5, 5.41) is 21.8. The number of hydrogen-bond donors (Lipinski definition) is 1. The van der Waals surface area contributed by atoms with Crippen molar-refractivity contribution in [1.82, 2.24) is 0 Å². The highest BCUT2D eigenvalue weighted by molar-refractivity contribution is 6.44. The van der Waals surface area contributed by atoms with E-state index in [2.05, 4.69) is 0 Å². The summed E-state index contributed by atoms with van der Waals surface area (Å²) in [6.07, 6.45) is -1.23. The van der Waals surface area contributed by atoms with Crippen LogP contribution < -0.4 is 0 Å². The van der Waals surface area contributed by atoms with E-state index in [1.165, 1.54) is 48.5 Å². The quantitative estimate of drug-likeness (QED) is 0.225. The van der Waals surface area contributed by atoms with Gasteiger partial charge in [0.05, 0.1) is 10.5 Å². The smallest absolute Gasteiger partial charge is 0.380 e. The fraction of sp³-hybridized carbons (Fsp3) is 0.0588. The van der Waals surface area contributed by atoms with Crippen molar-refractivity contribution in [3.05, 3.63) is 80.4 Å². The zero-order valence-electron chi connectivity index (χ0n) is 12.5. The van der Waals surface area contributed by atoms with Gasteiger partial charge in [0.1, 0.15) is 5.76 Å². The molecule has 2 aromatic carbocycles. The van der Waals surface area contributed by atoms with E-state index < -0.39 is 28.5 Å². The molecule has 1 N–H and O–H groups in total. The van der Waals surface area contributed by atoms with E-state index in [4.69, 9.17) is 16.3 Å². The molecule has 0 amide bonds. The van der Waals surface area contributed by atoms with Crippen molar-refractivity contribution in [2.45, 2.75) is 6.10 Å². The van der Waals surface area contributed by atoms with Gasteiger partial charge in [-0.1, -0.05) is 23.7 Å². The number of hydrogen-bond acceptors (Lipinski definition) is 6. The number of carbonyl (C=O) groups excluding carboxylic acids is 2. The number of carbonyl (C=O) groups is 2. The number of nitrogens with zero attached hydrogens (tertiary/aromatic N) is 1. The minimum atomic E-state index is -1.23. The van der Waals surface area contributed by atoms with E-state index in [1.807, 2.05) is 0 Å². The Morgan fingerprint density at radius 1 is 1.16 bits per heavy atom. The third-order valence-electron chi connectivity index (χ3n) is 3.67. The van der Waals surface area contributed by atoms with Crippen LogP contribution in [0.1, 0.15) is 17.2 Å². The van der Waals surface area contributed by atoms with Gasteiger partial charge in [-0.2, -0.15) is 0 Å². The number of nitro groups is 1. The van der Waals surface area contributed by atoms with Crippen LogP contribution in [0.3, 0.4) is 0 Å². The molecular formula is C17H10ClNO6. The zero-order chi connectivity index (χ0) is 18.1. The Bertz CT molecular complexity index is 919. The fourth-order valence-corrected chi connectivity index (χ4v) is 2.61. The highest BCUT2D eigenvalue weighted by atomic mass is 35.5. The summed E-state index contributed by atoms with van der Waals surface area (Å²) in [6.45, 7) is 0. The maximum atomic E-state index is 12.1. The first kappa shape index (κ1) is 16.7. The van der Waals surface area contributed by atoms with E-state index in [0.29, 0.717) is 5.02 Å². The molecular weight excluding hydrogens is 350 g/mol. The number of benzene rings is 2. The monoisotopic (exact) mass is 359 g/mol. The van der Waals surface area contributed by atoms with Gasteiger partial charge in [-0.25, -0.2) is 4.79 Å². The Kier molecular flexibility index (Phi) is 4.24. The van der Waals surface area contributed by atoms with Crippen LogP contribution in [-0.4, -0.2) is 21.8 Å². The summed E-state index contributed by atoms with van der Waals surface area (Å²) in [5.41, 5.74) is -0.0172. The summed E-state index contributed by atoms with van der Waals surface area (Å²) < 4.78 is 5.02. The van der Waals surface area contributed by atoms with E-state index in [1.54, 1.807) is 0 Å². The molecule has 0 spiro atoms. The summed E-state index contributed by atoms with van der Waals surface area (Å²) in [5.74, 6) is -2.57. The van der Waals surface area contributed by atoms with Crippen molar-refractivity contribution in [1.29, 1.82) is 0 Å². The van der Waals surface area contributed by atoms with Crippen LogP contribution in [0.2, 0.25) is 5.02 Å². The van der Waals surface area contributed by atoms with Crippen LogP contribution >= 0.6 is 11.6 Å². The lowest BCUT2D eigenvalue weighted by Gasteiger charge is -2.12. The molecule has 0 aromatic heterocycles. The molecule has 25 heavy (non-hydrogen) atoms. The molecule has 0 unspecified atom stereocenters. The molecule has 1 fully saturated rings. The highest BCUT2D eigenvalue weighted by Gasteiger charge is 2.42. The van der Waals surface area contributed by atoms with Crippen LogP contribution in [0, 0.1) is 10.1 Å². The van der Waals surface area contributed by atoms with Crippen LogP contribution in [0.5, 0.6) is 0 Å². The molecule has 126 valence electrons. The second kappa shape index (κ2) is 6.37. The Hall–Kier alpha value is -3.19.